The molecule has 2 rings (SSSR count). The first-order valence-electron chi connectivity index (χ1n) is 13.1. The van der Waals surface area contributed by atoms with Crippen LogP contribution in [0.4, 0.5) is 0 Å². The first-order chi connectivity index (χ1) is 18.0. The predicted molar refractivity (Wildman–Crippen MR) is 140 cm³/mol. The van der Waals surface area contributed by atoms with E-state index in [0.717, 1.165) is 19.4 Å². The number of unbranched alkanes of at least 4 members (excludes halogenated alkanes) is 1. The molecule has 1 aromatic carbocycles. The fourth-order valence-corrected chi connectivity index (χ4v) is 4.77. The molecular formula is C27H40N4O7. The zero-order chi connectivity index (χ0) is 28.3. The maximum absolute atomic E-state index is 13.5. The van der Waals surface area contributed by atoms with Crippen LogP contribution >= 0.6 is 0 Å². The lowest BCUT2D eigenvalue weighted by Gasteiger charge is -2.42. The summed E-state index contributed by atoms with van der Waals surface area (Å²) in [5.74, 6) is -3.86. The summed E-state index contributed by atoms with van der Waals surface area (Å²) >= 11 is 0. The number of likely N-dealkylation sites (tertiary alicyclic amines) is 1. The number of rotatable bonds is 14. The third kappa shape index (κ3) is 8.83. The lowest BCUT2D eigenvalue weighted by atomic mass is 9.71. The maximum Gasteiger partial charge on any atom is 0.326 e. The van der Waals surface area contributed by atoms with Gasteiger partial charge in [-0.25, -0.2) is 4.79 Å². The number of hydrogen-bond donors (Lipinski definition) is 5. The molecule has 210 valence electrons. The highest BCUT2D eigenvalue weighted by Gasteiger charge is 2.45. The van der Waals surface area contributed by atoms with Gasteiger partial charge in [0.25, 0.3) is 0 Å². The molecule has 0 aromatic heterocycles. The van der Waals surface area contributed by atoms with Gasteiger partial charge >= 0.3 is 11.9 Å². The number of hydrogen-bond acceptors (Lipinski definition) is 6. The lowest BCUT2D eigenvalue weighted by molar-refractivity contribution is -0.148. The summed E-state index contributed by atoms with van der Waals surface area (Å²) in [4.78, 5) is 63.0. The number of carbonyl (C=O) groups is 5. The molecule has 2 atom stereocenters. The first-order valence-corrected chi connectivity index (χ1v) is 13.1. The van der Waals surface area contributed by atoms with Gasteiger partial charge in [0, 0.05) is 26.1 Å². The summed E-state index contributed by atoms with van der Waals surface area (Å²) in [6.45, 7) is 6.76. The Labute approximate surface area is 223 Å². The number of nitrogens with zero attached hydrogens (tertiary/aromatic N) is 1. The molecule has 0 saturated carbocycles. The van der Waals surface area contributed by atoms with Crippen LogP contribution in [0.1, 0.15) is 64.9 Å². The SMILES string of the molecule is CC(=O)N[C@@H](CCCCNC(C)C)C(=O)N1CCC(C(=O)N[C@@H](CC(=O)O)C(=O)O)(c2ccccc2)CC1. The van der Waals surface area contributed by atoms with Gasteiger partial charge in [-0.3, -0.25) is 19.2 Å². The lowest BCUT2D eigenvalue weighted by Crippen LogP contribution is -2.58. The highest BCUT2D eigenvalue weighted by Crippen LogP contribution is 2.36. The van der Waals surface area contributed by atoms with Crippen molar-refractivity contribution in [2.75, 3.05) is 19.6 Å². The summed E-state index contributed by atoms with van der Waals surface area (Å²) in [6.07, 6.45) is 1.80. The molecule has 0 spiro atoms. The van der Waals surface area contributed by atoms with Crippen molar-refractivity contribution in [3.05, 3.63) is 35.9 Å². The number of carbonyl (C=O) groups excluding carboxylic acids is 3. The van der Waals surface area contributed by atoms with Crippen LogP contribution in [0.15, 0.2) is 30.3 Å². The number of piperidine rings is 1. The predicted octanol–water partition coefficient (Wildman–Crippen LogP) is 1.26. The fourth-order valence-electron chi connectivity index (χ4n) is 4.77. The molecule has 3 amide bonds. The van der Waals surface area contributed by atoms with Crippen LogP contribution in [0, 0.1) is 0 Å². The van der Waals surface area contributed by atoms with E-state index in [9.17, 15) is 29.1 Å². The Bertz CT molecular complexity index is 975. The maximum atomic E-state index is 13.5. The number of aliphatic carboxylic acids is 2. The number of carboxylic acid groups (broad SMARTS) is 2. The van der Waals surface area contributed by atoms with E-state index in [-0.39, 0.29) is 37.7 Å². The van der Waals surface area contributed by atoms with Crippen molar-refractivity contribution in [3.8, 4) is 0 Å². The van der Waals surface area contributed by atoms with Gasteiger partial charge in [0.15, 0.2) is 0 Å². The van der Waals surface area contributed by atoms with Crippen molar-refractivity contribution < 1.29 is 34.2 Å². The van der Waals surface area contributed by atoms with Crippen molar-refractivity contribution in [2.24, 2.45) is 0 Å². The summed E-state index contributed by atoms with van der Waals surface area (Å²) in [6, 6.07) is 7.01. The Morgan fingerprint density at radius 2 is 1.58 bits per heavy atom. The monoisotopic (exact) mass is 532 g/mol. The Balaban J connectivity index is 2.16. The van der Waals surface area contributed by atoms with Gasteiger partial charge in [0.2, 0.25) is 17.7 Å². The Hall–Kier alpha value is -3.47. The number of benzene rings is 1. The highest BCUT2D eigenvalue weighted by atomic mass is 16.4. The van der Waals surface area contributed by atoms with Crippen LogP contribution in [0.25, 0.3) is 0 Å². The van der Waals surface area contributed by atoms with Crippen molar-refractivity contribution >= 4 is 29.7 Å². The van der Waals surface area contributed by atoms with Gasteiger partial charge in [-0.15, -0.1) is 0 Å². The Morgan fingerprint density at radius 1 is 0.947 bits per heavy atom. The molecular weight excluding hydrogens is 492 g/mol. The minimum absolute atomic E-state index is 0.214. The second kappa shape index (κ2) is 14.5. The number of nitrogens with one attached hydrogen (secondary N) is 3. The van der Waals surface area contributed by atoms with Gasteiger partial charge in [-0.1, -0.05) is 44.2 Å². The van der Waals surface area contributed by atoms with Crippen LogP contribution in [-0.2, 0) is 29.4 Å². The van der Waals surface area contributed by atoms with Crippen LogP contribution in [0.5, 0.6) is 0 Å². The molecule has 0 aliphatic carbocycles. The smallest absolute Gasteiger partial charge is 0.326 e. The summed E-state index contributed by atoms with van der Waals surface area (Å²) in [7, 11) is 0. The minimum atomic E-state index is -1.57. The molecule has 0 unspecified atom stereocenters. The topological polar surface area (TPSA) is 165 Å². The molecule has 11 nitrogen and oxygen atoms in total. The third-order valence-corrected chi connectivity index (χ3v) is 6.82. The van der Waals surface area contributed by atoms with Gasteiger partial charge < -0.3 is 31.1 Å². The minimum Gasteiger partial charge on any atom is -0.481 e. The van der Waals surface area contributed by atoms with Crippen molar-refractivity contribution in [1.82, 2.24) is 20.9 Å². The van der Waals surface area contributed by atoms with E-state index in [0.29, 0.717) is 18.0 Å². The number of carboxylic acids is 2. The van der Waals surface area contributed by atoms with Crippen LogP contribution < -0.4 is 16.0 Å². The van der Waals surface area contributed by atoms with Crippen LogP contribution in [0.3, 0.4) is 0 Å². The van der Waals surface area contributed by atoms with E-state index < -0.39 is 41.8 Å². The zero-order valence-electron chi connectivity index (χ0n) is 22.4. The highest BCUT2D eigenvalue weighted by molar-refractivity contribution is 5.93. The fraction of sp³-hybridized carbons (Fsp3) is 0.593. The van der Waals surface area contributed by atoms with Crippen molar-refractivity contribution in [2.45, 2.75) is 82.8 Å². The van der Waals surface area contributed by atoms with E-state index in [1.165, 1.54) is 6.92 Å². The van der Waals surface area contributed by atoms with Gasteiger partial charge in [0.1, 0.15) is 12.1 Å². The molecule has 1 heterocycles. The quantitative estimate of drug-likeness (QED) is 0.223. The molecule has 0 radical (unpaired) electrons. The summed E-state index contributed by atoms with van der Waals surface area (Å²) in [5.41, 5.74) is -0.462. The van der Waals surface area contributed by atoms with E-state index in [2.05, 4.69) is 29.8 Å². The molecule has 1 saturated heterocycles. The van der Waals surface area contributed by atoms with Crippen molar-refractivity contribution in [3.63, 3.8) is 0 Å². The molecule has 11 heteroatoms. The second-order valence-corrected chi connectivity index (χ2v) is 10.1. The average Bonchev–Trinajstić information content (AvgIpc) is 2.86. The largest absolute Gasteiger partial charge is 0.481 e. The van der Waals surface area contributed by atoms with Crippen molar-refractivity contribution in [1.29, 1.82) is 0 Å². The number of amides is 3. The van der Waals surface area contributed by atoms with Gasteiger partial charge in [-0.2, -0.15) is 0 Å². The van der Waals surface area contributed by atoms with E-state index in [4.69, 9.17) is 5.11 Å². The molecule has 0 bridgehead atoms. The molecule has 5 N–H and O–H groups in total. The van der Waals surface area contributed by atoms with Crippen LogP contribution in [-0.4, -0.2) is 82.5 Å². The molecule has 38 heavy (non-hydrogen) atoms. The molecule has 1 aliphatic rings. The zero-order valence-corrected chi connectivity index (χ0v) is 22.4. The summed E-state index contributed by atoms with van der Waals surface area (Å²) in [5, 5.41) is 27.0. The Kier molecular flexibility index (Phi) is 11.7. The molecule has 1 aromatic rings. The second-order valence-electron chi connectivity index (χ2n) is 10.1. The Morgan fingerprint density at radius 3 is 2.11 bits per heavy atom. The molecule has 1 fully saturated rings. The summed E-state index contributed by atoms with van der Waals surface area (Å²) < 4.78 is 0. The standard InChI is InChI=1S/C27H40N4O7/c1-18(2)28-14-8-7-11-21(29-19(3)32)24(35)31-15-12-27(13-16-31,20-9-5-4-6-10-20)26(38)30-22(25(36)37)17-23(33)34/h4-6,9-10,18,21-22,28H,7-8,11-17H2,1-3H3,(H,29,32)(H,30,38)(H,33,34)(H,36,37)/t21-,22-/m0/s1. The third-order valence-electron chi connectivity index (χ3n) is 6.82. The van der Waals surface area contributed by atoms with Gasteiger partial charge in [0.05, 0.1) is 11.8 Å². The van der Waals surface area contributed by atoms with E-state index in [1.807, 2.05) is 0 Å². The first kappa shape index (κ1) is 30.8. The van der Waals surface area contributed by atoms with E-state index in [1.54, 1.807) is 35.2 Å². The average molecular weight is 533 g/mol. The van der Waals surface area contributed by atoms with Gasteiger partial charge in [-0.05, 0) is 44.2 Å². The molecule has 1 aliphatic heterocycles. The normalized spacial score (nSPS) is 16.4. The van der Waals surface area contributed by atoms with E-state index >= 15 is 0 Å². The van der Waals surface area contributed by atoms with Crippen LogP contribution in [0.2, 0.25) is 0 Å².